The van der Waals surface area contributed by atoms with E-state index < -0.39 is 0 Å². The molecule has 208 valence electrons. The van der Waals surface area contributed by atoms with Gasteiger partial charge in [0.1, 0.15) is 40.6 Å². The van der Waals surface area contributed by atoms with Gasteiger partial charge < -0.3 is 28.3 Å². The highest BCUT2D eigenvalue weighted by Gasteiger charge is 2.40. The molecular weight excluding hydrogens is 524 g/mol. The molecule has 4 aliphatic heterocycles. The smallest absolute Gasteiger partial charge is 0.272 e. The summed E-state index contributed by atoms with van der Waals surface area (Å²) in [5, 5.41) is 9.86. The molecule has 4 aromatic rings. The number of aromatic nitrogens is 2. The molecule has 2 atom stereocenters. The molecule has 10 nitrogen and oxygen atoms in total. The normalized spacial score (nSPS) is 20.3. The standard InChI is InChI=1S/C31H28N4O6/c1-37-28-13-26(31(36)35-16-21-11-22(17-35)39-21)34-15-24(28)29-12-25-30(41-29)23(4-7-33-25)18-2-3-27(19(10-18)14-32)40-20-5-8-38-9-6-20/h2-4,7,10,12-13,15,20-22H,5-6,8-9,11,16-17H2,1H3. The fourth-order valence-electron chi connectivity index (χ4n) is 5.75. The molecule has 2 bridgehead atoms. The number of carbonyl (C=O) groups excluding carboxylic acids is 1. The predicted octanol–water partition coefficient (Wildman–Crippen LogP) is 4.61. The van der Waals surface area contributed by atoms with Crippen molar-refractivity contribution in [2.75, 3.05) is 33.4 Å². The topological polar surface area (TPSA) is 120 Å². The van der Waals surface area contributed by atoms with Gasteiger partial charge in [0.05, 0.1) is 43.7 Å². The number of furan rings is 1. The SMILES string of the molecule is COc1cc(C(=O)N2CC3CC(C2)O3)ncc1-c1cc2nccc(-c3ccc(OC4CCOCC4)c(C#N)c3)c2o1. The summed E-state index contributed by atoms with van der Waals surface area (Å²) in [5.74, 6) is 1.41. The van der Waals surface area contributed by atoms with Crippen molar-refractivity contribution in [2.45, 2.75) is 37.6 Å². The van der Waals surface area contributed by atoms with Crippen molar-refractivity contribution in [2.24, 2.45) is 0 Å². The highest BCUT2D eigenvalue weighted by Crippen LogP contribution is 2.38. The lowest BCUT2D eigenvalue weighted by Crippen LogP contribution is -2.58. The number of hydrogen-bond acceptors (Lipinski definition) is 9. The first kappa shape index (κ1) is 25.5. The van der Waals surface area contributed by atoms with Crippen molar-refractivity contribution >= 4 is 17.0 Å². The molecule has 1 amide bonds. The van der Waals surface area contributed by atoms with Gasteiger partial charge in [-0.3, -0.25) is 14.8 Å². The minimum Gasteiger partial charge on any atom is -0.496 e. The number of morpholine rings is 1. The molecule has 0 spiro atoms. The Bertz CT molecular complexity index is 1660. The summed E-state index contributed by atoms with van der Waals surface area (Å²) in [6.07, 6.45) is 6.19. The Morgan fingerprint density at radius 2 is 1.85 bits per heavy atom. The number of amides is 1. The predicted molar refractivity (Wildman–Crippen MR) is 148 cm³/mol. The van der Waals surface area contributed by atoms with Crippen molar-refractivity contribution in [3.05, 3.63) is 60.0 Å². The summed E-state index contributed by atoms with van der Waals surface area (Å²) in [4.78, 5) is 23.8. The lowest BCUT2D eigenvalue weighted by Gasteiger charge is -2.46. The van der Waals surface area contributed by atoms with E-state index in [0.717, 1.165) is 30.4 Å². The molecule has 4 saturated heterocycles. The fraction of sp³-hybridized carbons (Fsp3) is 0.355. The number of piperidine rings is 1. The van der Waals surface area contributed by atoms with Crippen molar-refractivity contribution in [3.8, 4) is 40.0 Å². The minimum absolute atomic E-state index is 0.0340. The van der Waals surface area contributed by atoms with E-state index in [4.69, 9.17) is 23.4 Å². The Hall–Kier alpha value is -4.46. The number of fused-ring (bicyclic) bond motifs is 3. The number of benzene rings is 1. The van der Waals surface area contributed by atoms with Crippen molar-refractivity contribution in [1.82, 2.24) is 14.9 Å². The molecule has 1 aromatic carbocycles. The van der Waals surface area contributed by atoms with Gasteiger partial charge in [-0.25, -0.2) is 0 Å². The van der Waals surface area contributed by atoms with Crippen LogP contribution in [-0.2, 0) is 9.47 Å². The molecule has 0 radical (unpaired) electrons. The van der Waals surface area contributed by atoms with E-state index in [-0.39, 0.29) is 24.2 Å². The van der Waals surface area contributed by atoms with E-state index in [9.17, 15) is 10.1 Å². The second-order valence-corrected chi connectivity index (χ2v) is 10.5. The van der Waals surface area contributed by atoms with Crippen LogP contribution in [0.2, 0.25) is 0 Å². The number of hydrogen-bond donors (Lipinski definition) is 0. The molecule has 0 N–H and O–H groups in total. The third-order valence-electron chi connectivity index (χ3n) is 7.90. The zero-order valence-corrected chi connectivity index (χ0v) is 22.5. The molecule has 8 rings (SSSR count). The lowest BCUT2D eigenvalue weighted by atomic mass is 9.98. The van der Waals surface area contributed by atoms with E-state index in [1.807, 2.05) is 30.3 Å². The first-order valence-electron chi connectivity index (χ1n) is 13.8. The summed E-state index contributed by atoms with van der Waals surface area (Å²) in [7, 11) is 1.55. The quantitative estimate of drug-likeness (QED) is 0.338. The minimum atomic E-state index is -0.140. The van der Waals surface area contributed by atoms with Crippen molar-refractivity contribution in [3.63, 3.8) is 0 Å². The average Bonchev–Trinajstić information content (AvgIpc) is 3.45. The summed E-state index contributed by atoms with van der Waals surface area (Å²) in [6.45, 7) is 2.48. The van der Waals surface area contributed by atoms with Gasteiger partial charge in [0.25, 0.3) is 5.91 Å². The number of methoxy groups -OCH3 is 1. The van der Waals surface area contributed by atoms with Crippen LogP contribution in [0.3, 0.4) is 0 Å². The van der Waals surface area contributed by atoms with Crippen LogP contribution in [0.25, 0.3) is 33.6 Å². The maximum Gasteiger partial charge on any atom is 0.272 e. The van der Waals surface area contributed by atoms with Gasteiger partial charge in [0, 0.05) is 62.4 Å². The molecular formula is C31H28N4O6. The largest absolute Gasteiger partial charge is 0.496 e. The van der Waals surface area contributed by atoms with Gasteiger partial charge >= 0.3 is 0 Å². The second-order valence-electron chi connectivity index (χ2n) is 10.5. The first-order valence-corrected chi connectivity index (χ1v) is 13.8. The molecule has 0 aliphatic carbocycles. The van der Waals surface area contributed by atoms with Crippen LogP contribution in [0.4, 0.5) is 0 Å². The van der Waals surface area contributed by atoms with Crippen LogP contribution >= 0.6 is 0 Å². The number of nitriles is 1. The van der Waals surface area contributed by atoms with Crippen molar-refractivity contribution in [1.29, 1.82) is 5.26 Å². The van der Waals surface area contributed by atoms with Crippen LogP contribution < -0.4 is 9.47 Å². The fourth-order valence-corrected chi connectivity index (χ4v) is 5.75. The van der Waals surface area contributed by atoms with Gasteiger partial charge in [-0.2, -0.15) is 5.26 Å². The summed E-state index contributed by atoms with van der Waals surface area (Å²) in [5.41, 5.74) is 4.19. The maximum absolute atomic E-state index is 13.1. The number of nitrogens with zero attached hydrogens (tertiary/aromatic N) is 4. The first-order chi connectivity index (χ1) is 20.1. The Morgan fingerprint density at radius 1 is 1.05 bits per heavy atom. The summed E-state index contributed by atoms with van der Waals surface area (Å²) < 4.78 is 29.2. The number of pyridine rings is 2. The van der Waals surface area contributed by atoms with Crippen LogP contribution in [0.15, 0.2) is 53.2 Å². The Balaban J connectivity index is 1.18. The van der Waals surface area contributed by atoms with Crippen LogP contribution in [-0.4, -0.2) is 72.5 Å². The Labute approximate surface area is 236 Å². The number of carbonyl (C=O) groups is 1. The van der Waals surface area contributed by atoms with E-state index in [1.54, 1.807) is 30.5 Å². The van der Waals surface area contributed by atoms with Gasteiger partial charge in [-0.05, 0) is 23.8 Å². The monoisotopic (exact) mass is 552 g/mol. The molecule has 2 unspecified atom stereocenters. The molecule has 4 aliphatic rings. The molecule has 4 fully saturated rings. The molecule has 10 heteroatoms. The van der Waals surface area contributed by atoms with Gasteiger partial charge in [-0.1, -0.05) is 6.07 Å². The van der Waals surface area contributed by atoms with Gasteiger partial charge in [-0.15, -0.1) is 0 Å². The summed E-state index contributed by atoms with van der Waals surface area (Å²) >= 11 is 0. The third-order valence-corrected chi connectivity index (χ3v) is 7.90. The van der Waals surface area contributed by atoms with Crippen LogP contribution in [0.5, 0.6) is 11.5 Å². The Morgan fingerprint density at radius 3 is 2.61 bits per heavy atom. The molecule has 0 saturated carbocycles. The van der Waals surface area contributed by atoms with Crippen LogP contribution in [0.1, 0.15) is 35.3 Å². The number of ether oxygens (including phenoxy) is 4. The van der Waals surface area contributed by atoms with E-state index >= 15 is 0 Å². The highest BCUT2D eigenvalue weighted by molar-refractivity contribution is 5.95. The molecule has 41 heavy (non-hydrogen) atoms. The van der Waals surface area contributed by atoms with Crippen LogP contribution in [0, 0.1) is 11.3 Å². The second kappa shape index (κ2) is 10.5. The Kier molecular flexibility index (Phi) is 6.53. The lowest BCUT2D eigenvalue weighted by molar-refractivity contribution is -0.171. The van der Waals surface area contributed by atoms with E-state index in [0.29, 0.717) is 71.5 Å². The maximum atomic E-state index is 13.1. The summed E-state index contributed by atoms with van der Waals surface area (Å²) in [6, 6.07) is 13.2. The number of rotatable bonds is 6. The molecule has 7 heterocycles. The van der Waals surface area contributed by atoms with E-state index in [1.165, 1.54) is 0 Å². The van der Waals surface area contributed by atoms with Gasteiger partial charge in [0.2, 0.25) is 0 Å². The third kappa shape index (κ3) is 4.77. The van der Waals surface area contributed by atoms with E-state index in [2.05, 4.69) is 16.0 Å². The zero-order chi connectivity index (χ0) is 27.9. The average molecular weight is 553 g/mol. The zero-order valence-electron chi connectivity index (χ0n) is 22.5. The molecule has 3 aromatic heterocycles. The van der Waals surface area contributed by atoms with Crippen molar-refractivity contribution < 1.29 is 28.2 Å². The van der Waals surface area contributed by atoms with Gasteiger partial charge in [0.15, 0.2) is 5.58 Å². The highest BCUT2D eigenvalue weighted by atomic mass is 16.5.